The van der Waals surface area contributed by atoms with Crippen LogP contribution in [-0.4, -0.2) is 18.4 Å². The number of nitrogens with two attached hydrogens (primary N) is 1. The van der Waals surface area contributed by atoms with Crippen LogP contribution in [-0.2, 0) is 17.1 Å². The summed E-state index contributed by atoms with van der Waals surface area (Å²) in [5.41, 5.74) is 2.73. The van der Waals surface area contributed by atoms with Gasteiger partial charge in [0, 0.05) is 11.3 Å². The molecule has 0 aliphatic carbocycles. The average Bonchev–Trinajstić information content (AvgIpc) is 2.59. The Kier molecular flexibility index (Phi) is 6.10. The number of rotatable bonds is 5. The second kappa shape index (κ2) is 8.02. The lowest BCUT2D eigenvalue weighted by molar-refractivity contribution is -0.143. The van der Waals surface area contributed by atoms with Crippen LogP contribution in [0.1, 0.15) is 27.0 Å². The van der Waals surface area contributed by atoms with Gasteiger partial charge < -0.3 is 15.8 Å². The van der Waals surface area contributed by atoms with Crippen molar-refractivity contribution in [3.63, 3.8) is 0 Å². The van der Waals surface area contributed by atoms with Gasteiger partial charge >= 0.3 is 12.4 Å². The number of nitrogens with one attached hydrogen (secondary N) is 1. The predicted octanol–water partition coefficient (Wildman–Crippen LogP) is 4.15. The van der Waals surface area contributed by atoms with E-state index in [9.17, 15) is 35.9 Å². The number of primary amides is 1. The highest BCUT2D eigenvalue weighted by Gasteiger charge is 2.37. The molecule has 2 amide bonds. The summed E-state index contributed by atoms with van der Waals surface area (Å²) >= 11 is 0. The summed E-state index contributed by atoms with van der Waals surface area (Å²) in [5.74, 6) is -2.37. The van der Waals surface area contributed by atoms with Gasteiger partial charge in [0.05, 0.1) is 11.1 Å². The number of amides is 2. The van der Waals surface area contributed by atoms with Crippen molar-refractivity contribution in [2.45, 2.75) is 19.3 Å². The second-order valence-electron chi connectivity index (χ2n) is 5.92. The van der Waals surface area contributed by atoms with Crippen LogP contribution in [0.15, 0.2) is 36.4 Å². The molecule has 0 aromatic heterocycles. The average molecular weight is 420 g/mol. The Bertz CT molecular complexity index is 906. The molecular formula is C18H14F6N2O3. The number of carbonyl (C=O) groups is 2. The summed E-state index contributed by atoms with van der Waals surface area (Å²) in [5, 5.41) is 2.35. The predicted molar refractivity (Wildman–Crippen MR) is 90.3 cm³/mol. The molecule has 0 spiro atoms. The molecule has 0 saturated carbocycles. The third-order valence-electron chi connectivity index (χ3n) is 3.80. The first-order chi connectivity index (χ1) is 13.3. The molecule has 0 atom stereocenters. The number of hydrogen-bond acceptors (Lipinski definition) is 3. The molecule has 2 aromatic rings. The fourth-order valence-electron chi connectivity index (χ4n) is 2.38. The van der Waals surface area contributed by atoms with Crippen LogP contribution in [0.4, 0.5) is 32.0 Å². The van der Waals surface area contributed by atoms with Crippen molar-refractivity contribution in [2.75, 3.05) is 11.9 Å². The first kappa shape index (κ1) is 22.1. The Balaban J connectivity index is 2.18. The van der Waals surface area contributed by atoms with E-state index in [4.69, 9.17) is 10.5 Å². The minimum Gasteiger partial charge on any atom is -0.484 e. The van der Waals surface area contributed by atoms with Crippen LogP contribution in [0, 0.1) is 6.92 Å². The second-order valence-corrected chi connectivity index (χ2v) is 5.92. The van der Waals surface area contributed by atoms with Crippen molar-refractivity contribution in [1.29, 1.82) is 0 Å². The highest BCUT2D eigenvalue weighted by molar-refractivity contribution is 5.98. The summed E-state index contributed by atoms with van der Waals surface area (Å²) in [6.45, 7) is 0.637. The Hall–Kier alpha value is -3.24. The molecule has 0 aliphatic heterocycles. The maximum absolute atomic E-state index is 12.8. The summed E-state index contributed by atoms with van der Waals surface area (Å²) in [4.78, 5) is 23.3. The molecule has 11 heteroatoms. The van der Waals surface area contributed by atoms with Crippen LogP contribution < -0.4 is 15.8 Å². The first-order valence-corrected chi connectivity index (χ1v) is 7.90. The molecule has 2 aromatic carbocycles. The fraction of sp³-hybridized carbons (Fsp3) is 0.222. The van der Waals surface area contributed by atoms with E-state index in [0.717, 1.165) is 0 Å². The summed E-state index contributed by atoms with van der Waals surface area (Å²) in [6, 6.07) is 4.97. The lowest BCUT2D eigenvalue weighted by Gasteiger charge is -2.15. The quantitative estimate of drug-likeness (QED) is 0.714. The molecule has 3 N–H and O–H groups in total. The zero-order valence-electron chi connectivity index (χ0n) is 14.7. The van der Waals surface area contributed by atoms with Gasteiger partial charge in [-0.25, -0.2) is 0 Å². The normalized spacial score (nSPS) is 11.8. The third kappa shape index (κ3) is 5.62. The molecule has 0 bridgehead atoms. The van der Waals surface area contributed by atoms with E-state index in [1.165, 1.54) is 25.1 Å². The van der Waals surface area contributed by atoms with Crippen LogP contribution in [0.25, 0.3) is 0 Å². The number of carbonyl (C=O) groups excluding carboxylic acids is 2. The zero-order valence-corrected chi connectivity index (χ0v) is 14.7. The van der Waals surface area contributed by atoms with Gasteiger partial charge in [-0.2, -0.15) is 26.3 Å². The first-order valence-electron chi connectivity index (χ1n) is 7.90. The Morgan fingerprint density at radius 3 is 2.03 bits per heavy atom. The van der Waals surface area contributed by atoms with Crippen molar-refractivity contribution in [2.24, 2.45) is 5.73 Å². The number of alkyl halides is 6. The standard InChI is InChI=1S/C18H14F6N2O3/c1-9-13(16(25)28)3-2-4-14(9)26-15(27)8-29-12-6-10(17(19,20)21)5-11(7-12)18(22,23)24/h2-7H,8H2,1H3,(H2,25,28)(H,26,27). The minimum absolute atomic E-state index is 0.0500. The van der Waals surface area contributed by atoms with Gasteiger partial charge in [-0.1, -0.05) is 6.07 Å². The topological polar surface area (TPSA) is 81.4 Å². The molecule has 0 aliphatic rings. The lowest BCUT2D eigenvalue weighted by Crippen LogP contribution is -2.22. The molecule has 0 saturated heterocycles. The van der Waals surface area contributed by atoms with Crippen LogP contribution >= 0.6 is 0 Å². The largest absolute Gasteiger partial charge is 0.484 e. The van der Waals surface area contributed by atoms with E-state index < -0.39 is 47.7 Å². The van der Waals surface area contributed by atoms with Gasteiger partial charge in [0.1, 0.15) is 5.75 Å². The highest BCUT2D eigenvalue weighted by atomic mass is 19.4. The summed E-state index contributed by atoms with van der Waals surface area (Å²) in [7, 11) is 0. The van der Waals surface area contributed by atoms with Gasteiger partial charge in [0.2, 0.25) is 5.91 Å². The maximum Gasteiger partial charge on any atom is 0.416 e. The SMILES string of the molecule is Cc1c(NC(=O)COc2cc(C(F)(F)F)cc(C(F)(F)F)c2)cccc1C(N)=O. The number of anilines is 1. The Morgan fingerprint density at radius 2 is 1.55 bits per heavy atom. The number of ether oxygens (including phenoxy) is 1. The van der Waals surface area contributed by atoms with Crippen LogP contribution in [0.3, 0.4) is 0 Å². The van der Waals surface area contributed by atoms with Crippen LogP contribution in [0.5, 0.6) is 5.75 Å². The van der Waals surface area contributed by atoms with Gasteiger partial charge in [0.25, 0.3) is 5.91 Å². The molecule has 156 valence electrons. The number of hydrogen-bond donors (Lipinski definition) is 2. The summed E-state index contributed by atoms with van der Waals surface area (Å²) in [6.07, 6.45) is -10.1. The molecular weight excluding hydrogens is 406 g/mol. The van der Waals surface area contributed by atoms with Crippen molar-refractivity contribution in [3.8, 4) is 5.75 Å². The van der Waals surface area contributed by atoms with E-state index in [0.29, 0.717) is 17.7 Å². The van der Waals surface area contributed by atoms with Gasteiger partial charge in [0.15, 0.2) is 6.61 Å². The van der Waals surface area contributed by atoms with Gasteiger partial charge in [-0.05, 0) is 42.8 Å². The third-order valence-corrected chi connectivity index (χ3v) is 3.80. The van der Waals surface area contributed by atoms with Crippen molar-refractivity contribution in [3.05, 3.63) is 58.7 Å². The zero-order chi connectivity index (χ0) is 22.0. The summed E-state index contributed by atoms with van der Waals surface area (Å²) < 4.78 is 81.8. The molecule has 5 nitrogen and oxygen atoms in total. The molecule has 0 radical (unpaired) electrons. The smallest absolute Gasteiger partial charge is 0.416 e. The number of benzene rings is 2. The number of halogens is 6. The van der Waals surface area contributed by atoms with Gasteiger partial charge in [-0.15, -0.1) is 0 Å². The Labute approximate surface area is 160 Å². The van der Waals surface area contributed by atoms with Crippen molar-refractivity contribution < 1.29 is 40.7 Å². The maximum atomic E-state index is 12.8. The molecule has 0 unspecified atom stereocenters. The minimum atomic E-state index is -5.03. The van der Waals surface area contributed by atoms with Crippen molar-refractivity contribution in [1.82, 2.24) is 0 Å². The van der Waals surface area contributed by atoms with Crippen LogP contribution in [0.2, 0.25) is 0 Å². The van der Waals surface area contributed by atoms with E-state index in [1.807, 2.05) is 0 Å². The van der Waals surface area contributed by atoms with E-state index in [-0.39, 0.29) is 17.3 Å². The van der Waals surface area contributed by atoms with E-state index in [1.54, 1.807) is 0 Å². The lowest BCUT2D eigenvalue weighted by atomic mass is 10.1. The molecule has 0 fully saturated rings. The molecule has 29 heavy (non-hydrogen) atoms. The monoisotopic (exact) mass is 420 g/mol. The molecule has 0 heterocycles. The van der Waals surface area contributed by atoms with Gasteiger partial charge in [-0.3, -0.25) is 9.59 Å². The highest BCUT2D eigenvalue weighted by Crippen LogP contribution is 2.38. The Morgan fingerprint density at radius 1 is 1.00 bits per heavy atom. The van der Waals surface area contributed by atoms with Crippen molar-refractivity contribution >= 4 is 17.5 Å². The molecule has 2 rings (SSSR count). The van der Waals surface area contributed by atoms with E-state index in [2.05, 4.69) is 5.32 Å². The van der Waals surface area contributed by atoms with E-state index >= 15 is 0 Å². The fourth-order valence-corrected chi connectivity index (χ4v) is 2.38.